The Labute approximate surface area is 193 Å². The molecule has 3 amide bonds. The standard InChI is InChI=1S/C23H27FN4O4S/c1-17-4-8-20(9-5-17)28-18(2)22(29)27(23(28)30)16-25-12-3-13-26(15-14-25)33(31,32)21-10-6-19(24)7-11-21/h4-11,18H,3,12-16H2,1-2H3/t18-/m1/s1. The van der Waals surface area contributed by atoms with E-state index in [4.69, 9.17) is 0 Å². The van der Waals surface area contributed by atoms with Crippen molar-refractivity contribution in [1.82, 2.24) is 14.1 Å². The van der Waals surface area contributed by atoms with Crippen LogP contribution >= 0.6 is 0 Å². The molecule has 0 unspecified atom stereocenters. The van der Waals surface area contributed by atoms with E-state index in [1.54, 1.807) is 6.92 Å². The maximum absolute atomic E-state index is 13.2. The lowest BCUT2D eigenvalue weighted by molar-refractivity contribution is -0.128. The van der Waals surface area contributed by atoms with E-state index < -0.39 is 21.9 Å². The summed E-state index contributed by atoms with van der Waals surface area (Å²) in [6.45, 7) is 5.21. The highest BCUT2D eigenvalue weighted by Gasteiger charge is 2.44. The first kappa shape index (κ1) is 23.3. The number of benzene rings is 2. The Bertz CT molecular complexity index is 1140. The van der Waals surface area contributed by atoms with Crippen molar-refractivity contribution >= 4 is 27.6 Å². The summed E-state index contributed by atoms with van der Waals surface area (Å²) >= 11 is 0. The molecule has 0 radical (unpaired) electrons. The Morgan fingerprint density at radius 2 is 1.61 bits per heavy atom. The van der Waals surface area contributed by atoms with Crippen LogP contribution in [0.4, 0.5) is 14.9 Å². The van der Waals surface area contributed by atoms with Crippen LogP contribution in [0.2, 0.25) is 0 Å². The van der Waals surface area contributed by atoms with Crippen LogP contribution in [0, 0.1) is 12.7 Å². The summed E-state index contributed by atoms with van der Waals surface area (Å²) in [7, 11) is -3.75. The average Bonchev–Trinajstić information content (AvgIpc) is 2.96. The molecule has 2 aromatic rings. The molecule has 0 aliphatic carbocycles. The Morgan fingerprint density at radius 3 is 2.27 bits per heavy atom. The second-order valence-electron chi connectivity index (χ2n) is 8.40. The van der Waals surface area contributed by atoms with Gasteiger partial charge in [0.15, 0.2) is 0 Å². The van der Waals surface area contributed by atoms with Crippen molar-refractivity contribution in [2.75, 3.05) is 37.7 Å². The first-order chi connectivity index (χ1) is 15.7. The molecule has 4 rings (SSSR count). The number of amides is 3. The van der Waals surface area contributed by atoms with Crippen LogP contribution in [0.1, 0.15) is 18.9 Å². The fourth-order valence-corrected chi connectivity index (χ4v) is 5.65. The minimum atomic E-state index is -3.75. The fourth-order valence-electron chi connectivity index (χ4n) is 4.18. The minimum absolute atomic E-state index is 0.0461. The molecular weight excluding hydrogens is 447 g/mol. The molecule has 176 valence electrons. The van der Waals surface area contributed by atoms with Crippen LogP contribution in [0.15, 0.2) is 53.4 Å². The first-order valence-electron chi connectivity index (χ1n) is 10.9. The zero-order chi connectivity index (χ0) is 23.8. The van der Waals surface area contributed by atoms with Crippen molar-refractivity contribution in [3.8, 4) is 0 Å². The number of nitrogens with zero attached hydrogens (tertiary/aromatic N) is 4. The van der Waals surface area contributed by atoms with E-state index in [1.807, 2.05) is 36.1 Å². The van der Waals surface area contributed by atoms with E-state index in [1.165, 1.54) is 26.2 Å². The van der Waals surface area contributed by atoms with Gasteiger partial charge in [0.25, 0.3) is 5.91 Å². The van der Waals surface area contributed by atoms with Gasteiger partial charge in [-0.3, -0.25) is 14.6 Å². The number of imide groups is 1. The van der Waals surface area contributed by atoms with Crippen molar-refractivity contribution < 1.29 is 22.4 Å². The van der Waals surface area contributed by atoms with Gasteiger partial charge in [-0.1, -0.05) is 17.7 Å². The van der Waals surface area contributed by atoms with Gasteiger partial charge in [-0.15, -0.1) is 0 Å². The number of aryl methyl sites for hydroxylation is 1. The van der Waals surface area contributed by atoms with Gasteiger partial charge in [-0.05, 0) is 56.7 Å². The van der Waals surface area contributed by atoms with Gasteiger partial charge in [0.05, 0.1) is 11.6 Å². The molecule has 0 spiro atoms. The number of anilines is 1. The molecule has 1 atom stereocenters. The number of halogens is 1. The van der Waals surface area contributed by atoms with Crippen LogP contribution < -0.4 is 4.90 Å². The summed E-state index contributed by atoms with van der Waals surface area (Å²) in [4.78, 5) is 30.6. The van der Waals surface area contributed by atoms with Crippen molar-refractivity contribution in [3.05, 3.63) is 59.9 Å². The van der Waals surface area contributed by atoms with Crippen LogP contribution in [0.3, 0.4) is 0 Å². The molecule has 0 bridgehead atoms. The van der Waals surface area contributed by atoms with Gasteiger partial charge in [0.2, 0.25) is 10.0 Å². The zero-order valence-electron chi connectivity index (χ0n) is 18.6. The molecule has 2 aromatic carbocycles. The topological polar surface area (TPSA) is 81.2 Å². The second kappa shape index (κ2) is 9.20. The molecule has 2 heterocycles. The van der Waals surface area contributed by atoms with E-state index in [-0.39, 0.29) is 30.0 Å². The van der Waals surface area contributed by atoms with Crippen molar-refractivity contribution in [2.45, 2.75) is 31.2 Å². The molecule has 0 saturated carbocycles. The quantitative estimate of drug-likeness (QED) is 0.623. The maximum Gasteiger partial charge on any atom is 0.333 e. The van der Waals surface area contributed by atoms with Crippen molar-refractivity contribution in [2.24, 2.45) is 0 Å². The van der Waals surface area contributed by atoms with Crippen LogP contribution in [-0.4, -0.2) is 73.4 Å². The molecular formula is C23H27FN4O4S. The zero-order valence-corrected chi connectivity index (χ0v) is 19.5. The SMILES string of the molecule is Cc1ccc(N2C(=O)N(CN3CCCN(S(=O)(=O)c4ccc(F)cc4)CC3)C(=O)[C@H]2C)cc1. The number of sulfonamides is 1. The van der Waals surface area contributed by atoms with E-state index in [0.29, 0.717) is 31.7 Å². The lowest BCUT2D eigenvalue weighted by atomic mass is 10.2. The smallest absolute Gasteiger partial charge is 0.284 e. The third-order valence-electron chi connectivity index (χ3n) is 6.10. The third kappa shape index (κ3) is 4.64. The van der Waals surface area contributed by atoms with Crippen LogP contribution in [-0.2, 0) is 14.8 Å². The number of rotatable bonds is 5. The predicted molar refractivity (Wildman–Crippen MR) is 122 cm³/mol. The van der Waals surface area contributed by atoms with E-state index in [9.17, 15) is 22.4 Å². The molecule has 33 heavy (non-hydrogen) atoms. The predicted octanol–water partition coefficient (Wildman–Crippen LogP) is 2.65. The summed E-state index contributed by atoms with van der Waals surface area (Å²) < 4.78 is 40.4. The molecule has 2 saturated heterocycles. The first-order valence-corrected chi connectivity index (χ1v) is 12.3. The minimum Gasteiger partial charge on any atom is -0.284 e. The molecule has 10 heteroatoms. The van der Waals surface area contributed by atoms with Gasteiger partial charge < -0.3 is 0 Å². The highest BCUT2D eigenvalue weighted by atomic mass is 32.2. The molecule has 0 N–H and O–H groups in total. The Kier molecular flexibility index (Phi) is 6.51. The summed E-state index contributed by atoms with van der Waals surface area (Å²) in [6.07, 6.45) is 0.549. The van der Waals surface area contributed by atoms with Gasteiger partial charge >= 0.3 is 6.03 Å². The number of carbonyl (C=O) groups is 2. The Hall–Kier alpha value is -2.82. The van der Waals surface area contributed by atoms with Gasteiger partial charge in [0.1, 0.15) is 11.9 Å². The highest BCUT2D eigenvalue weighted by molar-refractivity contribution is 7.89. The monoisotopic (exact) mass is 474 g/mol. The second-order valence-corrected chi connectivity index (χ2v) is 10.3. The van der Waals surface area contributed by atoms with Crippen LogP contribution in [0.25, 0.3) is 0 Å². The number of carbonyl (C=O) groups excluding carboxylic acids is 2. The molecule has 2 fully saturated rings. The van der Waals surface area contributed by atoms with Crippen LogP contribution in [0.5, 0.6) is 0 Å². The maximum atomic E-state index is 13.2. The van der Waals surface area contributed by atoms with Gasteiger partial charge in [0, 0.05) is 31.9 Å². The number of urea groups is 1. The third-order valence-corrected chi connectivity index (χ3v) is 8.01. The number of hydrogen-bond donors (Lipinski definition) is 0. The lowest BCUT2D eigenvalue weighted by Crippen LogP contribution is -2.44. The molecule has 2 aliphatic heterocycles. The van der Waals surface area contributed by atoms with Gasteiger partial charge in [-0.2, -0.15) is 4.31 Å². The largest absolute Gasteiger partial charge is 0.333 e. The highest BCUT2D eigenvalue weighted by Crippen LogP contribution is 2.26. The van der Waals surface area contributed by atoms with E-state index in [2.05, 4.69) is 0 Å². The van der Waals surface area contributed by atoms with E-state index in [0.717, 1.165) is 17.7 Å². The van der Waals surface area contributed by atoms with Crippen molar-refractivity contribution in [1.29, 1.82) is 0 Å². The summed E-state index contributed by atoms with van der Waals surface area (Å²) in [6, 6.07) is 11.2. The normalized spacial score (nSPS) is 21.0. The molecule has 2 aliphatic rings. The Balaban J connectivity index is 1.44. The summed E-state index contributed by atoms with van der Waals surface area (Å²) in [5.41, 5.74) is 1.73. The summed E-state index contributed by atoms with van der Waals surface area (Å²) in [5, 5.41) is 0. The molecule has 8 nitrogen and oxygen atoms in total. The van der Waals surface area contributed by atoms with E-state index >= 15 is 0 Å². The van der Waals surface area contributed by atoms with Gasteiger partial charge in [-0.25, -0.2) is 22.5 Å². The summed E-state index contributed by atoms with van der Waals surface area (Å²) in [5.74, 6) is -0.773. The fraction of sp³-hybridized carbons (Fsp3) is 0.391. The number of hydrogen-bond acceptors (Lipinski definition) is 5. The molecule has 0 aromatic heterocycles. The lowest BCUT2D eigenvalue weighted by Gasteiger charge is -2.25. The Morgan fingerprint density at radius 1 is 0.939 bits per heavy atom. The van der Waals surface area contributed by atoms with Crippen molar-refractivity contribution in [3.63, 3.8) is 0 Å². The average molecular weight is 475 g/mol.